The Labute approximate surface area is 100 Å². The topological polar surface area (TPSA) is 49.1 Å². The molecule has 0 radical (unpaired) electrons. The highest BCUT2D eigenvalue weighted by Crippen LogP contribution is 2.14. The van der Waals surface area contributed by atoms with Crippen molar-refractivity contribution in [3.8, 4) is 0 Å². The van der Waals surface area contributed by atoms with Crippen molar-refractivity contribution >= 4 is 10.9 Å². The molecule has 0 saturated heterocycles. The molecule has 0 fully saturated rings. The Morgan fingerprint density at radius 1 is 1.41 bits per heavy atom. The van der Waals surface area contributed by atoms with Crippen molar-refractivity contribution in [1.29, 1.82) is 0 Å². The molecule has 0 spiro atoms. The standard InChI is InChI=1S/C13H16N2O2/c1-9(17-3)8-13-14-12-7-5-4-6-11(12)10(2)15(13)16/h4-7,9H,8H2,1-3H3. The Morgan fingerprint density at radius 2 is 2.12 bits per heavy atom. The Balaban J connectivity index is 2.53. The molecule has 1 aromatic heterocycles. The average Bonchev–Trinajstić information content (AvgIpc) is 2.35. The van der Waals surface area contributed by atoms with Crippen molar-refractivity contribution in [3.63, 3.8) is 0 Å². The van der Waals surface area contributed by atoms with Crippen LogP contribution in [0.1, 0.15) is 18.4 Å². The van der Waals surface area contributed by atoms with Gasteiger partial charge in [-0.2, -0.15) is 0 Å². The van der Waals surface area contributed by atoms with Crippen molar-refractivity contribution in [3.05, 3.63) is 41.0 Å². The van der Waals surface area contributed by atoms with E-state index in [0.717, 1.165) is 15.6 Å². The monoisotopic (exact) mass is 232 g/mol. The molecule has 1 aromatic carbocycles. The number of aryl methyl sites for hydroxylation is 1. The van der Waals surface area contributed by atoms with Crippen LogP contribution in [0.3, 0.4) is 0 Å². The van der Waals surface area contributed by atoms with Crippen molar-refractivity contribution in [2.45, 2.75) is 26.4 Å². The van der Waals surface area contributed by atoms with Crippen LogP contribution in [0.5, 0.6) is 0 Å². The maximum atomic E-state index is 12.0. The van der Waals surface area contributed by atoms with Gasteiger partial charge in [0.25, 0.3) is 0 Å². The molecule has 0 N–H and O–H groups in total. The van der Waals surface area contributed by atoms with Crippen molar-refractivity contribution < 1.29 is 9.47 Å². The predicted octanol–water partition coefficient (Wildman–Crippen LogP) is 1.75. The maximum Gasteiger partial charge on any atom is 0.304 e. The molecule has 0 amide bonds. The smallest absolute Gasteiger partial charge is 0.304 e. The predicted molar refractivity (Wildman–Crippen MR) is 65.6 cm³/mol. The minimum absolute atomic E-state index is 0.0109. The summed E-state index contributed by atoms with van der Waals surface area (Å²) in [4.78, 5) is 4.39. The van der Waals surface area contributed by atoms with Gasteiger partial charge < -0.3 is 9.94 Å². The molecule has 1 atom stereocenters. The molecule has 1 unspecified atom stereocenters. The molecular weight excluding hydrogens is 216 g/mol. The van der Waals surface area contributed by atoms with Crippen LogP contribution in [0.15, 0.2) is 24.3 Å². The van der Waals surface area contributed by atoms with Gasteiger partial charge in [-0.05, 0) is 31.0 Å². The van der Waals surface area contributed by atoms with E-state index in [4.69, 9.17) is 4.74 Å². The highest BCUT2D eigenvalue weighted by Gasteiger charge is 2.17. The van der Waals surface area contributed by atoms with Crippen molar-refractivity contribution in [2.75, 3.05) is 7.11 Å². The van der Waals surface area contributed by atoms with Crippen LogP contribution < -0.4 is 4.73 Å². The normalized spacial score (nSPS) is 12.9. The van der Waals surface area contributed by atoms with E-state index in [9.17, 15) is 5.21 Å². The second-order valence-corrected chi connectivity index (χ2v) is 4.18. The Kier molecular flexibility index (Phi) is 3.24. The highest BCUT2D eigenvalue weighted by molar-refractivity contribution is 5.79. The minimum atomic E-state index is -0.0109. The number of fused-ring (bicyclic) bond motifs is 1. The van der Waals surface area contributed by atoms with Crippen LogP contribution >= 0.6 is 0 Å². The zero-order valence-corrected chi connectivity index (χ0v) is 10.3. The van der Waals surface area contributed by atoms with Gasteiger partial charge in [0, 0.05) is 7.11 Å². The third-order valence-electron chi connectivity index (χ3n) is 2.95. The number of ether oxygens (including phenoxy) is 1. The van der Waals surface area contributed by atoms with Crippen LogP contribution in [0, 0.1) is 12.1 Å². The molecule has 0 aliphatic heterocycles. The summed E-state index contributed by atoms with van der Waals surface area (Å²) in [6.45, 7) is 3.74. The first kappa shape index (κ1) is 11.8. The van der Waals surface area contributed by atoms with Crippen molar-refractivity contribution in [2.24, 2.45) is 0 Å². The zero-order chi connectivity index (χ0) is 12.4. The maximum absolute atomic E-state index is 12.0. The summed E-state index contributed by atoms with van der Waals surface area (Å²) in [5.41, 5.74) is 1.55. The molecule has 0 saturated carbocycles. The van der Waals surface area contributed by atoms with Gasteiger partial charge in [-0.25, -0.2) is 4.73 Å². The van der Waals surface area contributed by atoms with Gasteiger partial charge in [0.05, 0.1) is 17.9 Å². The lowest BCUT2D eigenvalue weighted by Crippen LogP contribution is -2.38. The van der Waals surface area contributed by atoms with Crippen molar-refractivity contribution in [1.82, 2.24) is 4.98 Å². The first-order valence-corrected chi connectivity index (χ1v) is 5.64. The Hall–Kier alpha value is -1.68. The largest absolute Gasteiger partial charge is 0.711 e. The molecular formula is C13H16N2O2. The molecule has 0 aliphatic rings. The van der Waals surface area contributed by atoms with E-state index in [2.05, 4.69) is 4.98 Å². The molecule has 2 aromatic rings. The fraction of sp³-hybridized carbons (Fsp3) is 0.385. The van der Waals surface area contributed by atoms with Crippen LogP contribution in [-0.2, 0) is 11.2 Å². The molecule has 4 nitrogen and oxygen atoms in total. The van der Waals surface area contributed by atoms with E-state index in [1.807, 2.05) is 38.1 Å². The summed E-state index contributed by atoms with van der Waals surface area (Å²) in [7, 11) is 1.63. The van der Waals surface area contributed by atoms with E-state index >= 15 is 0 Å². The zero-order valence-electron chi connectivity index (χ0n) is 10.3. The Morgan fingerprint density at radius 3 is 2.82 bits per heavy atom. The second kappa shape index (κ2) is 4.67. The van der Waals surface area contributed by atoms with Crippen LogP contribution in [0.2, 0.25) is 0 Å². The molecule has 17 heavy (non-hydrogen) atoms. The number of rotatable bonds is 3. The van der Waals surface area contributed by atoms with E-state index in [1.165, 1.54) is 0 Å². The lowest BCUT2D eigenvalue weighted by molar-refractivity contribution is -0.623. The fourth-order valence-corrected chi connectivity index (χ4v) is 1.83. The van der Waals surface area contributed by atoms with E-state index in [0.29, 0.717) is 17.9 Å². The third-order valence-corrected chi connectivity index (χ3v) is 2.95. The lowest BCUT2D eigenvalue weighted by atomic mass is 10.2. The van der Waals surface area contributed by atoms with Gasteiger partial charge in [-0.3, -0.25) is 0 Å². The quantitative estimate of drug-likeness (QED) is 0.598. The summed E-state index contributed by atoms with van der Waals surface area (Å²) in [5.74, 6) is 0.510. The van der Waals surface area contributed by atoms with Gasteiger partial charge in [0.1, 0.15) is 5.69 Å². The summed E-state index contributed by atoms with van der Waals surface area (Å²) in [6, 6.07) is 7.67. The number of methoxy groups -OCH3 is 1. The summed E-state index contributed by atoms with van der Waals surface area (Å²) >= 11 is 0. The van der Waals surface area contributed by atoms with Gasteiger partial charge in [-0.1, -0.05) is 12.1 Å². The summed E-state index contributed by atoms with van der Waals surface area (Å²) in [6.07, 6.45) is 0.509. The molecule has 0 bridgehead atoms. The number of hydrogen-bond acceptors (Lipinski definition) is 3. The van der Waals surface area contributed by atoms with E-state index in [-0.39, 0.29) is 6.10 Å². The molecule has 1 heterocycles. The van der Waals surface area contributed by atoms with Gasteiger partial charge >= 0.3 is 5.82 Å². The van der Waals surface area contributed by atoms with E-state index in [1.54, 1.807) is 7.11 Å². The number of nitrogens with zero attached hydrogens (tertiary/aromatic N) is 2. The minimum Gasteiger partial charge on any atom is -0.711 e. The van der Waals surface area contributed by atoms with Crippen LogP contribution in [-0.4, -0.2) is 18.2 Å². The fourth-order valence-electron chi connectivity index (χ4n) is 1.83. The van der Waals surface area contributed by atoms with Crippen LogP contribution in [0.4, 0.5) is 0 Å². The first-order chi connectivity index (χ1) is 8.13. The van der Waals surface area contributed by atoms with E-state index < -0.39 is 0 Å². The second-order valence-electron chi connectivity index (χ2n) is 4.18. The highest BCUT2D eigenvalue weighted by atomic mass is 16.5. The molecule has 2 rings (SSSR count). The number of benzene rings is 1. The summed E-state index contributed by atoms with van der Waals surface area (Å²) in [5, 5.41) is 12.9. The van der Waals surface area contributed by atoms with Crippen LogP contribution in [0.25, 0.3) is 10.9 Å². The third kappa shape index (κ3) is 2.22. The average molecular weight is 232 g/mol. The first-order valence-electron chi connectivity index (χ1n) is 5.64. The number of para-hydroxylation sites is 1. The number of hydrogen-bond donors (Lipinski definition) is 0. The molecule has 90 valence electrons. The lowest BCUT2D eigenvalue weighted by Gasteiger charge is -2.13. The number of aromatic nitrogens is 2. The van der Waals surface area contributed by atoms with Gasteiger partial charge in [0.15, 0.2) is 5.52 Å². The Bertz CT molecular complexity index is 540. The molecule has 4 heteroatoms. The summed E-state index contributed by atoms with van der Waals surface area (Å²) < 4.78 is 6.07. The van der Waals surface area contributed by atoms with Gasteiger partial charge in [0.2, 0.25) is 0 Å². The molecule has 0 aliphatic carbocycles. The van der Waals surface area contributed by atoms with Gasteiger partial charge in [-0.15, -0.1) is 0 Å². The SMILES string of the molecule is COC(C)Cc1nc2ccccc2c(C)[n+]1[O-].